The van der Waals surface area contributed by atoms with E-state index in [2.05, 4.69) is 20.5 Å². The third-order valence-corrected chi connectivity index (χ3v) is 7.44. The maximum atomic E-state index is 13.9. The molecular formula is C24H17Cl2F3N6OS. The van der Waals surface area contributed by atoms with Crippen LogP contribution in [0.5, 0.6) is 0 Å². The standard InChI is InChI=1S/C24H17Cl2F3N6OS/c1-2-13-6-7-19(37-13)17-10-20(24(27,28)29)35-22(30-17)11-18(32-35)23(36)31-21-8-9-34(33-21)12-14-15(25)4-3-5-16(14)26/h3-11H,2,12H2,1H3,(H,31,33,36). The molecule has 0 saturated heterocycles. The lowest BCUT2D eigenvalue weighted by atomic mass is 10.2. The summed E-state index contributed by atoms with van der Waals surface area (Å²) in [6, 6.07) is 12.4. The van der Waals surface area contributed by atoms with Gasteiger partial charge in [0.2, 0.25) is 0 Å². The van der Waals surface area contributed by atoms with Gasteiger partial charge in [0.1, 0.15) is 0 Å². The zero-order valence-corrected chi connectivity index (χ0v) is 21.4. The van der Waals surface area contributed by atoms with E-state index < -0.39 is 17.8 Å². The molecule has 1 aromatic carbocycles. The van der Waals surface area contributed by atoms with Crippen molar-refractivity contribution in [1.29, 1.82) is 0 Å². The fourth-order valence-electron chi connectivity index (χ4n) is 3.66. The summed E-state index contributed by atoms with van der Waals surface area (Å²) in [5, 5.41) is 11.6. The van der Waals surface area contributed by atoms with E-state index in [1.807, 2.05) is 13.0 Å². The fraction of sp³-hybridized carbons (Fsp3) is 0.167. The normalized spacial score (nSPS) is 11.8. The number of amides is 1. The van der Waals surface area contributed by atoms with Gasteiger partial charge in [0, 0.05) is 38.8 Å². The smallest absolute Gasteiger partial charge is 0.304 e. The molecule has 0 radical (unpaired) electrons. The molecule has 5 aromatic rings. The van der Waals surface area contributed by atoms with Crippen molar-refractivity contribution in [2.75, 3.05) is 5.32 Å². The van der Waals surface area contributed by atoms with Gasteiger partial charge in [-0.05, 0) is 36.8 Å². The number of nitrogens with one attached hydrogen (secondary N) is 1. The van der Waals surface area contributed by atoms with Crippen LogP contribution in [0.15, 0.2) is 54.7 Å². The molecule has 190 valence electrons. The number of rotatable bonds is 6. The number of anilines is 1. The van der Waals surface area contributed by atoms with Crippen molar-refractivity contribution in [3.05, 3.63) is 86.6 Å². The highest BCUT2D eigenvalue weighted by atomic mass is 35.5. The Hall–Kier alpha value is -3.41. The topological polar surface area (TPSA) is 77.1 Å². The van der Waals surface area contributed by atoms with Gasteiger partial charge in [0.25, 0.3) is 5.91 Å². The number of carbonyl (C=O) groups excluding carboxylic acids is 1. The molecule has 0 bridgehead atoms. The Balaban J connectivity index is 1.42. The Morgan fingerprint density at radius 3 is 2.51 bits per heavy atom. The number of thiophene rings is 1. The maximum absolute atomic E-state index is 13.9. The largest absolute Gasteiger partial charge is 0.433 e. The van der Waals surface area contributed by atoms with Gasteiger partial charge in [-0.1, -0.05) is 36.2 Å². The third kappa shape index (κ3) is 5.20. The first-order valence-electron chi connectivity index (χ1n) is 11.0. The van der Waals surface area contributed by atoms with E-state index in [1.54, 1.807) is 30.5 Å². The molecule has 5 rings (SSSR count). The van der Waals surface area contributed by atoms with Gasteiger partial charge in [-0.3, -0.25) is 9.48 Å². The van der Waals surface area contributed by atoms with E-state index >= 15 is 0 Å². The van der Waals surface area contributed by atoms with Crippen LogP contribution in [0.3, 0.4) is 0 Å². The van der Waals surface area contributed by atoms with Crippen LogP contribution in [0.2, 0.25) is 10.0 Å². The first-order valence-corrected chi connectivity index (χ1v) is 12.5. The monoisotopic (exact) mass is 564 g/mol. The Kier molecular flexibility index (Phi) is 6.69. The molecule has 7 nitrogen and oxygen atoms in total. The average Bonchev–Trinajstić information content (AvgIpc) is 3.59. The Morgan fingerprint density at radius 2 is 1.84 bits per heavy atom. The Bertz CT molecular complexity index is 1600. The molecule has 0 spiro atoms. The van der Waals surface area contributed by atoms with Gasteiger partial charge in [-0.2, -0.15) is 23.4 Å². The molecule has 0 unspecified atom stereocenters. The van der Waals surface area contributed by atoms with Gasteiger partial charge in [0.05, 0.1) is 17.1 Å². The molecule has 4 aromatic heterocycles. The summed E-state index contributed by atoms with van der Waals surface area (Å²) in [7, 11) is 0. The molecule has 0 aliphatic rings. The lowest BCUT2D eigenvalue weighted by molar-refractivity contribution is -0.142. The maximum Gasteiger partial charge on any atom is 0.433 e. The molecule has 37 heavy (non-hydrogen) atoms. The number of aromatic nitrogens is 5. The minimum atomic E-state index is -4.71. The van der Waals surface area contributed by atoms with Crippen molar-refractivity contribution in [2.45, 2.75) is 26.1 Å². The lowest BCUT2D eigenvalue weighted by Crippen LogP contribution is -2.16. The lowest BCUT2D eigenvalue weighted by Gasteiger charge is -2.10. The summed E-state index contributed by atoms with van der Waals surface area (Å²) in [6.45, 7) is 2.22. The van der Waals surface area contributed by atoms with Gasteiger partial charge in [-0.15, -0.1) is 11.3 Å². The Labute approximate surface area is 222 Å². The van der Waals surface area contributed by atoms with Crippen LogP contribution < -0.4 is 5.32 Å². The fourth-order valence-corrected chi connectivity index (χ4v) is 5.09. The SMILES string of the molecule is CCc1ccc(-c2cc(C(F)(F)F)n3nc(C(=O)Nc4ccn(Cc5c(Cl)cccc5Cl)n4)cc3n2)s1. The molecular weight excluding hydrogens is 548 g/mol. The first-order chi connectivity index (χ1) is 17.6. The van der Waals surface area contributed by atoms with Crippen molar-refractivity contribution in [3.63, 3.8) is 0 Å². The number of hydrogen-bond acceptors (Lipinski definition) is 5. The van der Waals surface area contributed by atoms with Crippen LogP contribution in [0.1, 0.15) is 33.5 Å². The van der Waals surface area contributed by atoms with E-state index in [-0.39, 0.29) is 29.4 Å². The molecule has 0 aliphatic carbocycles. The minimum absolute atomic E-state index is 0.0969. The van der Waals surface area contributed by atoms with E-state index in [1.165, 1.54) is 28.2 Å². The third-order valence-electron chi connectivity index (χ3n) is 5.48. The summed E-state index contributed by atoms with van der Waals surface area (Å²) in [4.78, 5) is 18.8. The summed E-state index contributed by atoms with van der Waals surface area (Å²) in [6.07, 6.45) is -2.34. The predicted molar refractivity (Wildman–Crippen MR) is 136 cm³/mol. The highest BCUT2D eigenvalue weighted by Crippen LogP contribution is 2.34. The molecule has 0 aliphatic heterocycles. The second kappa shape index (κ2) is 9.81. The first kappa shape index (κ1) is 25.2. The summed E-state index contributed by atoms with van der Waals surface area (Å²) >= 11 is 13.8. The van der Waals surface area contributed by atoms with Crippen LogP contribution in [0.4, 0.5) is 19.0 Å². The van der Waals surface area contributed by atoms with E-state index in [0.29, 0.717) is 25.0 Å². The van der Waals surface area contributed by atoms with Crippen LogP contribution in [-0.4, -0.2) is 30.3 Å². The number of fused-ring (bicyclic) bond motifs is 1. The number of nitrogens with zero attached hydrogens (tertiary/aromatic N) is 5. The van der Waals surface area contributed by atoms with E-state index in [0.717, 1.165) is 17.4 Å². The average molecular weight is 565 g/mol. The van der Waals surface area contributed by atoms with Gasteiger partial charge in [0.15, 0.2) is 22.9 Å². The van der Waals surface area contributed by atoms with Gasteiger partial charge < -0.3 is 5.32 Å². The van der Waals surface area contributed by atoms with Crippen molar-refractivity contribution < 1.29 is 18.0 Å². The van der Waals surface area contributed by atoms with E-state index in [4.69, 9.17) is 23.2 Å². The highest BCUT2D eigenvalue weighted by Gasteiger charge is 2.36. The van der Waals surface area contributed by atoms with Gasteiger partial charge >= 0.3 is 6.18 Å². The summed E-state index contributed by atoms with van der Waals surface area (Å²) in [5.41, 5.74) is -0.544. The number of alkyl halides is 3. The van der Waals surface area contributed by atoms with Crippen LogP contribution in [0, 0.1) is 0 Å². The molecule has 0 atom stereocenters. The highest BCUT2D eigenvalue weighted by molar-refractivity contribution is 7.15. The molecule has 0 saturated carbocycles. The quantitative estimate of drug-likeness (QED) is 0.245. The number of carbonyl (C=O) groups is 1. The second-order valence-electron chi connectivity index (χ2n) is 8.00. The van der Waals surface area contributed by atoms with Crippen molar-refractivity contribution in [2.24, 2.45) is 0 Å². The van der Waals surface area contributed by atoms with Gasteiger partial charge in [-0.25, -0.2) is 9.50 Å². The molecule has 0 fully saturated rings. The predicted octanol–water partition coefficient (Wildman–Crippen LogP) is 6.84. The van der Waals surface area contributed by atoms with Crippen molar-refractivity contribution >= 4 is 51.9 Å². The van der Waals surface area contributed by atoms with Crippen LogP contribution >= 0.6 is 34.5 Å². The van der Waals surface area contributed by atoms with Crippen molar-refractivity contribution in [3.8, 4) is 10.6 Å². The molecule has 13 heteroatoms. The minimum Gasteiger partial charge on any atom is -0.304 e. The van der Waals surface area contributed by atoms with Crippen LogP contribution in [-0.2, 0) is 19.1 Å². The van der Waals surface area contributed by atoms with E-state index in [9.17, 15) is 18.0 Å². The number of benzene rings is 1. The zero-order valence-electron chi connectivity index (χ0n) is 19.1. The summed E-state index contributed by atoms with van der Waals surface area (Å²) < 4.78 is 43.7. The van der Waals surface area contributed by atoms with Crippen molar-refractivity contribution in [1.82, 2.24) is 24.4 Å². The second-order valence-corrected chi connectivity index (χ2v) is 9.98. The molecule has 4 heterocycles. The Morgan fingerprint density at radius 1 is 1.08 bits per heavy atom. The molecule has 1 amide bonds. The zero-order chi connectivity index (χ0) is 26.3. The number of aryl methyl sites for hydroxylation is 1. The number of halogens is 5. The molecule has 1 N–H and O–H groups in total. The van der Waals surface area contributed by atoms with Crippen LogP contribution in [0.25, 0.3) is 16.2 Å². The summed E-state index contributed by atoms with van der Waals surface area (Å²) in [5.74, 6) is -0.550. The number of hydrogen-bond donors (Lipinski definition) is 1.